The molecule has 4 rings (SSSR count). The average Bonchev–Trinajstić information content (AvgIpc) is 3.18. The molecule has 1 atom stereocenters. The van der Waals surface area contributed by atoms with E-state index in [1.54, 1.807) is 18.3 Å². The quantitative estimate of drug-likeness (QED) is 0.622. The summed E-state index contributed by atoms with van der Waals surface area (Å²) in [5.41, 5.74) is 3.88. The molecule has 1 aliphatic rings. The Hall–Kier alpha value is -2.27. The van der Waals surface area contributed by atoms with Gasteiger partial charge < -0.3 is 14.7 Å². The fraction of sp³-hybridized carbons (Fsp3) is 0.227. The van der Waals surface area contributed by atoms with Gasteiger partial charge in [-0.2, -0.15) is 0 Å². The highest BCUT2D eigenvalue weighted by Crippen LogP contribution is 2.34. The smallest absolute Gasteiger partial charge is 0.232 e. The number of hydrogen-bond acceptors (Lipinski definition) is 4. The molecule has 2 aromatic carbocycles. The lowest BCUT2D eigenvalue weighted by atomic mass is 10.0. The van der Waals surface area contributed by atoms with E-state index in [1.807, 2.05) is 36.4 Å². The van der Waals surface area contributed by atoms with Crippen LogP contribution in [0.25, 0.3) is 11.1 Å². The van der Waals surface area contributed by atoms with Crippen LogP contribution in [0.3, 0.4) is 0 Å². The Morgan fingerprint density at radius 1 is 1.07 bits per heavy atom. The molecule has 1 aromatic heterocycles. The van der Waals surface area contributed by atoms with Crippen molar-refractivity contribution < 1.29 is 9.84 Å². The van der Waals surface area contributed by atoms with E-state index in [1.165, 1.54) is 0 Å². The van der Waals surface area contributed by atoms with Crippen LogP contribution in [0.4, 0.5) is 5.69 Å². The number of nitrogens with zero attached hydrogens (tertiary/aromatic N) is 2. The summed E-state index contributed by atoms with van der Waals surface area (Å²) in [6.45, 7) is 1.51. The number of rotatable bonds is 5. The molecule has 1 N–H and O–H groups in total. The van der Waals surface area contributed by atoms with Gasteiger partial charge in [-0.05, 0) is 29.8 Å². The van der Waals surface area contributed by atoms with Crippen LogP contribution in [-0.4, -0.2) is 29.3 Å². The summed E-state index contributed by atoms with van der Waals surface area (Å²) >= 11 is 12.5. The van der Waals surface area contributed by atoms with Crippen molar-refractivity contribution in [1.82, 2.24) is 4.98 Å². The van der Waals surface area contributed by atoms with E-state index in [2.05, 4.69) is 16.0 Å². The van der Waals surface area contributed by atoms with Crippen LogP contribution in [-0.2, 0) is 6.61 Å². The standard InChI is InChI=1S/C22H20Cl2N2O2/c23-19-5-2-1-4-18(19)15-7-8-16(14-27)21(12-15)26-11-9-17(13-26)28-22-20(24)6-3-10-25-22/h1-8,10,12,17,27H,9,11,13-14H2. The summed E-state index contributed by atoms with van der Waals surface area (Å²) in [7, 11) is 0. The zero-order chi connectivity index (χ0) is 19.5. The van der Waals surface area contributed by atoms with Crippen LogP contribution in [0.15, 0.2) is 60.8 Å². The van der Waals surface area contributed by atoms with Crippen LogP contribution < -0.4 is 9.64 Å². The van der Waals surface area contributed by atoms with E-state index >= 15 is 0 Å². The van der Waals surface area contributed by atoms with E-state index in [0.717, 1.165) is 35.3 Å². The van der Waals surface area contributed by atoms with Crippen LogP contribution in [0.2, 0.25) is 10.0 Å². The molecular weight excluding hydrogens is 395 g/mol. The Morgan fingerprint density at radius 2 is 1.89 bits per heavy atom. The fourth-order valence-electron chi connectivity index (χ4n) is 3.51. The molecule has 1 fully saturated rings. The number of pyridine rings is 1. The van der Waals surface area contributed by atoms with Crippen molar-refractivity contribution >= 4 is 28.9 Å². The molecule has 0 amide bonds. The maximum absolute atomic E-state index is 9.82. The van der Waals surface area contributed by atoms with Crippen LogP contribution in [0, 0.1) is 0 Å². The molecule has 2 heterocycles. The summed E-state index contributed by atoms with van der Waals surface area (Å²) in [6, 6.07) is 17.4. The molecule has 0 saturated carbocycles. The molecule has 3 aromatic rings. The van der Waals surface area contributed by atoms with Gasteiger partial charge in [0.05, 0.1) is 13.2 Å². The highest BCUT2D eigenvalue weighted by Gasteiger charge is 2.27. The van der Waals surface area contributed by atoms with Crippen LogP contribution in [0.1, 0.15) is 12.0 Å². The first kappa shape index (κ1) is 19.1. The molecule has 144 valence electrons. The maximum atomic E-state index is 9.82. The SMILES string of the molecule is OCc1ccc(-c2ccccc2Cl)cc1N1CCC(Oc2ncccc2Cl)C1. The molecule has 0 radical (unpaired) electrons. The molecule has 4 nitrogen and oxygen atoms in total. The Kier molecular flexibility index (Phi) is 5.72. The first-order chi connectivity index (χ1) is 13.7. The molecule has 1 unspecified atom stereocenters. The molecule has 1 saturated heterocycles. The van der Waals surface area contributed by atoms with Crippen molar-refractivity contribution in [1.29, 1.82) is 0 Å². The van der Waals surface area contributed by atoms with E-state index in [0.29, 0.717) is 22.5 Å². The second-order valence-electron chi connectivity index (χ2n) is 6.75. The molecule has 6 heteroatoms. The molecule has 0 spiro atoms. The van der Waals surface area contributed by atoms with Crippen molar-refractivity contribution in [2.45, 2.75) is 19.1 Å². The van der Waals surface area contributed by atoms with Gasteiger partial charge in [0.25, 0.3) is 0 Å². The van der Waals surface area contributed by atoms with E-state index in [4.69, 9.17) is 27.9 Å². The van der Waals surface area contributed by atoms with Gasteiger partial charge in [-0.25, -0.2) is 4.98 Å². The van der Waals surface area contributed by atoms with Gasteiger partial charge in [-0.3, -0.25) is 0 Å². The number of anilines is 1. The predicted octanol–water partition coefficient (Wildman–Crippen LogP) is 5.21. The lowest BCUT2D eigenvalue weighted by molar-refractivity contribution is 0.216. The molecule has 0 aliphatic carbocycles. The minimum absolute atomic E-state index is 0.0112. The third kappa shape index (κ3) is 3.95. The van der Waals surface area contributed by atoms with Gasteiger partial charge >= 0.3 is 0 Å². The highest BCUT2D eigenvalue weighted by atomic mass is 35.5. The van der Waals surface area contributed by atoms with Gasteiger partial charge in [-0.15, -0.1) is 0 Å². The lowest BCUT2D eigenvalue weighted by Crippen LogP contribution is -2.25. The van der Waals surface area contributed by atoms with Gasteiger partial charge in [0.1, 0.15) is 11.1 Å². The Bertz CT molecular complexity index is 980. The predicted molar refractivity (Wildman–Crippen MR) is 113 cm³/mol. The summed E-state index contributed by atoms with van der Waals surface area (Å²) in [6.07, 6.45) is 2.52. The van der Waals surface area contributed by atoms with Gasteiger partial charge in [0.2, 0.25) is 5.88 Å². The van der Waals surface area contributed by atoms with Crippen LogP contribution >= 0.6 is 23.2 Å². The van der Waals surface area contributed by atoms with Crippen molar-refractivity contribution in [3.05, 3.63) is 76.4 Å². The Morgan fingerprint density at radius 3 is 2.68 bits per heavy atom. The zero-order valence-corrected chi connectivity index (χ0v) is 16.7. The van der Waals surface area contributed by atoms with E-state index < -0.39 is 0 Å². The zero-order valence-electron chi connectivity index (χ0n) is 15.2. The molecule has 28 heavy (non-hydrogen) atoms. The number of aliphatic hydroxyl groups excluding tert-OH is 1. The van der Waals surface area contributed by atoms with Crippen molar-refractivity contribution in [2.75, 3.05) is 18.0 Å². The second kappa shape index (κ2) is 8.39. The van der Waals surface area contributed by atoms with Crippen LogP contribution in [0.5, 0.6) is 5.88 Å². The number of aliphatic hydroxyl groups is 1. The highest BCUT2D eigenvalue weighted by molar-refractivity contribution is 6.33. The Labute approximate surface area is 174 Å². The largest absolute Gasteiger partial charge is 0.471 e. The Balaban J connectivity index is 1.58. The number of halogens is 2. The van der Waals surface area contributed by atoms with Gasteiger partial charge in [0, 0.05) is 41.0 Å². The van der Waals surface area contributed by atoms with E-state index in [-0.39, 0.29) is 12.7 Å². The summed E-state index contributed by atoms with van der Waals surface area (Å²) in [5, 5.41) is 11.0. The van der Waals surface area contributed by atoms with Gasteiger partial charge in [0.15, 0.2) is 0 Å². The number of aromatic nitrogens is 1. The van der Waals surface area contributed by atoms with Gasteiger partial charge in [-0.1, -0.05) is 53.5 Å². The summed E-state index contributed by atoms with van der Waals surface area (Å²) in [4.78, 5) is 6.44. The minimum Gasteiger partial charge on any atom is -0.471 e. The first-order valence-corrected chi connectivity index (χ1v) is 9.92. The number of ether oxygens (including phenoxy) is 1. The van der Waals surface area contributed by atoms with Crippen molar-refractivity contribution in [3.63, 3.8) is 0 Å². The first-order valence-electron chi connectivity index (χ1n) is 9.16. The third-order valence-electron chi connectivity index (χ3n) is 4.93. The molecule has 1 aliphatic heterocycles. The number of benzene rings is 2. The van der Waals surface area contributed by atoms with Crippen molar-refractivity contribution in [2.24, 2.45) is 0 Å². The van der Waals surface area contributed by atoms with E-state index in [9.17, 15) is 5.11 Å². The third-order valence-corrected chi connectivity index (χ3v) is 5.55. The number of hydrogen-bond donors (Lipinski definition) is 1. The fourth-order valence-corrected chi connectivity index (χ4v) is 3.92. The second-order valence-corrected chi connectivity index (χ2v) is 7.56. The summed E-state index contributed by atoms with van der Waals surface area (Å²) in [5.74, 6) is 0.461. The molecule has 0 bridgehead atoms. The lowest BCUT2D eigenvalue weighted by Gasteiger charge is -2.23. The monoisotopic (exact) mass is 414 g/mol. The summed E-state index contributed by atoms with van der Waals surface area (Å²) < 4.78 is 6.00. The average molecular weight is 415 g/mol. The normalized spacial score (nSPS) is 16.4. The topological polar surface area (TPSA) is 45.6 Å². The van der Waals surface area contributed by atoms with Crippen molar-refractivity contribution in [3.8, 4) is 17.0 Å². The molecular formula is C22H20Cl2N2O2. The maximum Gasteiger partial charge on any atom is 0.232 e. The minimum atomic E-state index is -0.0216.